The van der Waals surface area contributed by atoms with Crippen LogP contribution in [0.25, 0.3) is 0 Å². The van der Waals surface area contributed by atoms with E-state index in [9.17, 15) is 4.79 Å². The van der Waals surface area contributed by atoms with Crippen molar-refractivity contribution in [1.29, 1.82) is 0 Å². The average Bonchev–Trinajstić information content (AvgIpc) is 2.40. The third kappa shape index (κ3) is 5.14. The fraction of sp³-hybridized carbons (Fsp3) is 0.538. The summed E-state index contributed by atoms with van der Waals surface area (Å²) in [5.74, 6) is 0.364. The smallest absolute Gasteiger partial charge is 0.227 e. The number of nitrogens with one attached hydrogen (secondary N) is 2. The van der Waals surface area contributed by atoms with Crippen LogP contribution in [0, 0.1) is 0 Å². The van der Waals surface area contributed by atoms with E-state index in [2.05, 4.69) is 15.6 Å². The topological polar surface area (TPSA) is 63.2 Å². The van der Waals surface area contributed by atoms with Crippen molar-refractivity contribution in [1.82, 2.24) is 10.3 Å². The van der Waals surface area contributed by atoms with Gasteiger partial charge in [0.1, 0.15) is 5.82 Å². The number of anilines is 1. The number of halogens is 1. The van der Waals surface area contributed by atoms with Crippen molar-refractivity contribution >= 4 is 23.3 Å². The first-order valence-corrected chi connectivity index (χ1v) is 6.85. The molecule has 5 nitrogen and oxygen atoms in total. The molecule has 0 unspecified atom stereocenters. The van der Waals surface area contributed by atoms with Crippen LogP contribution >= 0.6 is 11.6 Å². The average molecular weight is 284 g/mol. The van der Waals surface area contributed by atoms with Crippen LogP contribution in [0.5, 0.6) is 0 Å². The van der Waals surface area contributed by atoms with Gasteiger partial charge in [-0.15, -0.1) is 0 Å². The number of amides is 1. The maximum Gasteiger partial charge on any atom is 0.227 e. The van der Waals surface area contributed by atoms with Crippen LogP contribution in [0.15, 0.2) is 18.3 Å². The second-order valence-electron chi connectivity index (χ2n) is 4.48. The summed E-state index contributed by atoms with van der Waals surface area (Å²) in [6, 6.07) is 3.28. The fourth-order valence-corrected chi connectivity index (χ4v) is 2.12. The van der Waals surface area contributed by atoms with Crippen molar-refractivity contribution < 1.29 is 9.53 Å². The monoisotopic (exact) mass is 283 g/mol. The van der Waals surface area contributed by atoms with Gasteiger partial charge < -0.3 is 15.4 Å². The number of nitrogens with zero attached hydrogens (tertiary/aromatic N) is 1. The maximum absolute atomic E-state index is 11.7. The molecule has 0 saturated carbocycles. The minimum absolute atomic E-state index is 0.108. The summed E-state index contributed by atoms with van der Waals surface area (Å²) in [5.41, 5.74) is 0. The van der Waals surface area contributed by atoms with Crippen molar-refractivity contribution in [3.05, 3.63) is 23.4 Å². The van der Waals surface area contributed by atoms with E-state index in [-0.39, 0.29) is 12.0 Å². The summed E-state index contributed by atoms with van der Waals surface area (Å²) in [6.45, 7) is 2.42. The highest BCUT2D eigenvalue weighted by atomic mass is 35.5. The molecule has 1 aliphatic rings. The molecule has 0 atom stereocenters. The zero-order valence-electron chi connectivity index (χ0n) is 10.7. The Kier molecular flexibility index (Phi) is 5.57. The first kappa shape index (κ1) is 14.2. The Hall–Kier alpha value is -1.17. The van der Waals surface area contributed by atoms with Gasteiger partial charge in [-0.25, -0.2) is 4.98 Å². The van der Waals surface area contributed by atoms with Gasteiger partial charge in [0, 0.05) is 11.2 Å². The Bertz CT molecular complexity index is 422. The third-order valence-electron chi connectivity index (χ3n) is 2.96. The quantitative estimate of drug-likeness (QED) is 0.865. The van der Waals surface area contributed by atoms with E-state index >= 15 is 0 Å². The van der Waals surface area contributed by atoms with Crippen molar-refractivity contribution in [2.75, 3.05) is 25.0 Å². The molecule has 2 heterocycles. The highest BCUT2D eigenvalue weighted by Crippen LogP contribution is 2.12. The number of aromatic nitrogens is 1. The van der Waals surface area contributed by atoms with Crippen LogP contribution in [0.4, 0.5) is 5.82 Å². The van der Waals surface area contributed by atoms with Crippen LogP contribution in [0.3, 0.4) is 0 Å². The molecule has 0 bridgehead atoms. The lowest BCUT2D eigenvalue weighted by Gasteiger charge is -2.22. The standard InChI is InChI=1S/C13H18ClN3O2/c14-10-1-7-16-12(9-10)17-13(18)4-8-19-11-2-5-15-6-3-11/h1,7,9,11,15H,2-6,8H2,(H,16,17,18). The molecule has 2 rings (SSSR count). The van der Waals surface area contributed by atoms with Crippen LogP contribution in [0.2, 0.25) is 5.02 Å². The van der Waals surface area contributed by atoms with Gasteiger partial charge in [0.25, 0.3) is 0 Å². The highest BCUT2D eigenvalue weighted by molar-refractivity contribution is 6.30. The lowest BCUT2D eigenvalue weighted by molar-refractivity contribution is -0.117. The molecule has 2 N–H and O–H groups in total. The van der Waals surface area contributed by atoms with Crippen molar-refractivity contribution in [3.63, 3.8) is 0 Å². The number of rotatable bonds is 5. The third-order valence-corrected chi connectivity index (χ3v) is 3.19. The van der Waals surface area contributed by atoms with Gasteiger partial charge in [-0.05, 0) is 38.1 Å². The molecule has 0 spiro atoms. The Morgan fingerprint density at radius 2 is 2.32 bits per heavy atom. The zero-order chi connectivity index (χ0) is 13.5. The normalized spacial score (nSPS) is 16.3. The van der Waals surface area contributed by atoms with Gasteiger partial charge in [-0.3, -0.25) is 4.79 Å². The Morgan fingerprint density at radius 3 is 3.05 bits per heavy atom. The van der Waals surface area contributed by atoms with E-state index in [1.807, 2.05) is 0 Å². The summed E-state index contributed by atoms with van der Waals surface area (Å²) in [6.07, 6.45) is 4.19. The molecule has 1 aromatic rings. The van der Waals surface area contributed by atoms with Gasteiger partial charge in [0.05, 0.1) is 19.1 Å². The zero-order valence-corrected chi connectivity index (χ0v) is 11.4. The van der Waals surface area contributed by atoms with Crippen molar-refractivity contribution in [3.8, 4) is 0 Å². The van der Waals surface area contributed by atoms with E-state index in [4.69, 9.17) is 16.3 Å². The van der Waals surface area contributed by atoms with Gasteiger partial charge in [0.15, 0.2) is 0 Å². The largest absolute Gasteiger partial charge is 0.378 e. The van der Waals surface area contributed by atoms with Gasteiger partial charge in [-0.2, -0.15) is 0 Å². The van der Waals surface area contributed by atoms with E-state index < -0.39 is 0 Å². The summed E-state index contributed by atoms with van der Waals surface area (Å²) >= 11 is 5.81. The van der Waals surface area contributed by atoms with Gasteiger partial charge >= 0.3 is 0 Å². The molecule has 104 valence electrons. The number of pyridine rings is 1. The minimum Gasteiger partial charge on any atom is -0.378 e. The van der Waals surface area contributed by atoms with E-state index in [1.54, 1.807) is 18.3 Å². The molecule has 6 heteroatoms. The van der Waals surface area contributed by atoms with Gasteiger partial charge in [0.2, 0.25) is 5.91 Å². The summed E-state index contributed by atoms with van der Waals surface area (Å²) in [4.78, 5) is 15.7. The number of hydrogen-bond donors (Lipinski definition) is 2. The highest BCUT2D eigenvalue weighted by Gasteiger charge is 2.13. The molecular weight excluding hydrogens is 266 g/mol. The first-order chi connectivity index (χ1) is 9.24. The van der Waals surface area contributed by atoms with Gasteiger partial charge in [-0.1, -0.05) is 11.6 Å². The molecule has 0 radical (unpaired) electrons. The Morgan fingerprint density at radius 1 is 1.53 bits per heavy atom. The van der Waals surface area contributed by atoms with E-state index in [0.717, 1.165) is 25.9 Å². The predicted molar refractivity (Wildman–Crippen MR) is 74.3 cm³/mol. The van der Waals surface area contributed by atoms with E-state index in [1.165, 1.54) is 0 Å². The van der Waals surface area contributed by atoms with Crippen molar-refractivity contribution in [2.24, 2.45) is 0 Å². The Balaban J connectivity index is 1.67. The number of piperidine rings is 1. The molecule has 0 aromatic carbocycles. The van der Waals surface area contributed by atoms with Crippen LogP contribution in [-0.4, -0.2) is 36.7 Å². The van der Waals surface area contributed by atoms with Crippen molar-refractivity contribution in [2.45, 2.75) is 25.4 Å². The lowest BCUT2D eigenvalue weighted by Crippen LogP contribution is -2.33. The predicted octanol–water partition coefficient (Wildman–Crippen LogP) is 1.83. The molecule has 19 heavy (non-hydrogen) atoms. The number of carbonyl (C=O) groups is 1. The molecular formula is C13H18ClN3O2. The molecule has 1 aromatic heterocycles. The SMILES string of the molecule is O=C(CCOC1CCNCC1)Nc1cc(Cl)ccn1. The molecule has 1 fully saturated rings. The van der Waals surface area contributed by atoms with Crippen LogP contribution in [0.1, 0.15) is 19.3 Å². The Labute approximate surface area is 117 Å². The number of hydrogen-bond acceptors (Lipinski definition) is 4. The molecule has 1 saturated heterocycles. The van der Waals surface area contributed by atoms with E-state index in [0.29, 0.717) is 23.9 Å². The summed E-state index contributed by atoms with van der Waals surface area (Å²) < 4.78 is 5.67. The second-order valence-corrected chi connectivity index (χ2v) is 4.91. The van der Waals surface area contributed by atoms with Crippen LogP contribution in [-0.2, 0) is 9.53 Å². The second kappa shape index (κ2) is 7.43. The van der Waals surface area contributed by atoms with Crippen LogP contribution < -0.4 is 10.6 Å². The molecule has 0 aliphatic carbocycles. The molecule has 1 amide bonds. The first-order valence-electron chi connectivity index (χ1n) is 6.48. The minimum atomic E-state index is -0.108. The summed E-state index contributed by atoms with van der Waals surface area (Å²) in [5, 5.41) is 6.52. The lowest BCUT2D eigenvalue weighted by atomic mass is 10.1. The fourth-order valence-electron chi connectivity index (χ4n) is 1.96. The summed E-state index contributed by atoms with van der Waals surface area (Å²) in [7, 11) is 0. The maximum atomic E-state index is 11.7. The number of carbonyl (C=O) groups excluding carboxylic acids is 1. The molecule has 1 aliphatic heterocycles. The number of ether oxygens (including phenoxy) is 1.